The summed E-state index contributed by atoms with van der Waals surface area (Å²) in [5, 5.41) is 19.6. The third-order valence-corrected chi connectivity index (χ3v) is 5.18. The number of fused-ring (bicyclic) bond motifs is 1. The number of aliphatic hydroxyl groups excluding tert-OH is 1. The van der Waals surface area contributed by atoms with Gasteiger partial charge in [0.2, 0.25) is 0 Å². The van der Waals surface area contributed by atoms with Gasteiger partial charge in [-0.1, -0.05) is 15.9 Å². The van der Waals surface area contributed by atoms with Crippen molar-refractivity contribution < 1.29 is 14.6 Å². The van der Waals surface area contributed by atoms with E-state index in [1.54, 1.807) is 48.4 Å². The summed E-state index contributed by atoms with van der Waals surface area (Å²) < 4.78 is 11.4. The Labute approximate surface area is 174 Å². The van der Waals surface area contributed by atoms with Crippen LogP contribution in [0.4, 0.5) is 5.69 Å². The third-order valence-electron chi connectivity index (χ3n) is 4.69. The van der Waals surface area contributed by atoms with Gasteiger partial charge in [0.05, 0.1) is 42.9 Å². The Bertz CT molecular complexity index is 1230. The number of ether oxygens (including phenoxy) is 2. The lowest BCUT2D eigenvalue weighted by atomic mass is 10.2. The average Bonchev–Trinajstić information content (AvgIpc) is 3.01. The highest BCUT2D eigenvalue weighted by Gasteiger charge is 2.32. The smallest absolute Gasteiger partial charge is 0.259 e. The Kier molecular flexibility index (Phi) is 4.75. The minimum absolute atomic E-state index is 0.00517. The van der Waals surface area contributed by atoms with Crippen molar-refractivity contribution in [1.82, 2.24) is 9.97 Å². The zero-order valence-corrected chi connectivity index (χ0v) is 17.2. The maximum absolute atomic E-state index is 12.5. The van der Waals surface area contributed by atoms with E-state index in [9.17, 15) is 9.90 Å². The monoisotopic (exact) mass is 456 g/mol. The van der Waals surface area contributed by atoms with E-state index in [0.29, 0.717) is 28.1 Å². The lowest BCUT2D eigenvalue weighted by Gasteiger charge is -2.21. The molecule has 1 aliphatic rings. The van der Waals surface area contributed by atoms with Gasteiger partial charge >= 0.3 is 0 Å². The van der Waals surface area contributed by atoms with E-state index in [2.05, 4.69) is 25.9 Å². The van der Waals surface area contributed by atoms with Crippen molar-refractivity contribution in [2.24, 2.45) is 0 Å². The van der Waals surface area contributed by atoms with Gasteiger partial charge in [-0.2, -0.15) is 0 Å². The van der Waals surface area contributed by atoms with Crippen LogP contribution >= 0.6 is 15.9 Å². The van der Waals surface area contributed by atoms with Gasteiger partial charge in [-0.3, -0.25) is 10.2 Å². The Morgan fingerprint density at radius 1 is 1.21 bits per heavy atom. The van der Waals surface area contributed by atoms with Crippen LogP contribution in [0.2, 0.25) is 0 Å². The first-order valence-corrected chi connectivity index (χ1v) is 9.42. The van der Waals surface area contributed by atoms with Crippen LogP contribution in [0.25, 0.3) is 16.5 Å². The normalized spacial score (nSPS) is 14.0. The molecule has 8 nitrogen and oxygen atoms in total. The molecule has 0 unspecified atom stereocenters. The summed E-state index contributed by atoms with van der Waals surface area (Å²) in [6, 6.07) is 10.4. The Balaban J connectivity index is 1.77. The van der Waals surface area contributed by atoms with Gasteiger partial charge in [0.15, 0.2) is 0 Å². The van der Waals surface area contributed by atoms with E-state index in [-0.39, 0.29) is 35.1 Å². The fraction of sp³-hybridized carbons (Fsp3) is 0.150. The SMILES string of the molecule is COc1ccc(N2CC(O)=C(c3nc4ccc(Br)cc4c(=O)[nH]3)C2=N)c(OC)c1. The summed E-state index contributed by atoms with van der Waals surface area (Å²) in [5.74, 6) is 1.19. The van der Waals surface area contributed by atoms with E-state index >= 15 is 0 Å². The fourth-order valence-electron chi connectivity index (χ4n) is 3.27. The minimum atomic E-state index is -0.347. The Hall–Kier alpha value is -3.33. The highest BCUT2D eigenvalue weighted by atomic mass is 79.9. The van der Waals surface area contributed by atoms with Crippen molar-refractivity contribution in [2.45, 2.75) is 0 Å². The van der Waals surface area contributed by atoms with Crippen LogP contribution in [0.1, 0.15) is 5.82 Å². The van der Waals surface area contributed by atoms with Gasteiger partial charge < -0.3 is 24.5 Å². The summed E-state index contributed by atoms with van der Waals surface area (Å²) in [7, 11) is 3.07. The highest BCUT2D eigenvalue weighted by Crippen LogP contribution is 2.37. The number of nitrogens with zero attached hydrogens (tertiary/aromatic N) is 2. The molecule has 0 radical (unpaired) electrons. The van der Waals surface area contributed by atoms with E-state index in [4.69, 9.17) is 14.9 Å². The van der Waals surface area contributed by atoms with E-state index in [0.717, 1.165) is 4.47 Å². The zero-order valence-electron chi connectivity index (χ0n) is 15.6. The summed E-state index contributed by atoms with van der Waals surface area (Å²) in [6.45, 7) is 0.0545. The molecule has 0 saturated heterocycles. The van der Waals surface area contributed by atoms with Gasteiger partial charge in [-0.05, 0) is 30.3 Å². The standard InChI is InChI=1S/C20H17BrN4O4/c1-28-11-4-6-14(16(8-11)29-2)25-9-15(26)17(18(25)22)19-23-13-5-3-10(21)7-12(13)20(27)24-19/h3-8,22,26H,9H2,1-2H3,(H,23,24,27). The number of anilines is 1. The molecule has 0 aliphatic carbocycles. The van der Waals surface area contributed by atoms with Crippen LogP contribution in [0.5, 0.6) is 11.5 Å². The van der Waals surface area contributed by atoms with E-state index in [1.807, 2.05) is 0 Å². The Morgan fingerprint density at radius 2 is 2.00 bits per heavy atom. The summed E-state index contributed by atoms with van der Waals surface area (Å²) in [5.41, 5.74) is 0.886. The van der Waals surface area contributed by atoms with Crippen molar-refractivity contribution in [3.8, 4) is 11.5 Å². The number of nitrogens with one attached hydrogen (secondary N) is 2. The number of aromatic nitrogens is 2. The minimum Gasteiger partial charge on any atom is -0.509 e. The van der Waals surface area contributed by atoms with Crippen LogP contribution < -0.4 is 19.9 Å². The zero-order chi connectivity index (χ0) is 20.7. The number of aromatic amines is 1. The second kappa shape index (κ2) is 7.25. The summed E-state index contributed by atoms with van der Waals surface area (Å²) in [6.07, 6.45) is 0. The Morgan fingerprint density at radius 3 is 2.72 bits per heavy atom. The number of rotatable bonds is 4. The maximum Gasteiger partial charge on any atom is 0.259 e. The fourth-order valence-corrected chi connectivity index (χ4v) is 3.63. The first kappa shape index (κ1) is 19.0. The molecule has 0 bridgehead atoms. The molecular formula is C20H17BrN4O4. The molecule has 148 valence electrons. The number of benzene rings is 2. The molecule has 0 amide bonds. The summed E-state index contributed by atoms with van der Waals surface area (Å²) >= 11 is 3.34. The number of hydrogen-bond acceptors (Lipinski definition) is 6. The molecule has 29 heavy (non-hydrogen) atoms. The molecule has 1 aromatic heterocycles. The molecule has 0 fully saturated rings. The first-order chi connectivity index (χ1) is 13.9. The van der Waals surface area contributed by atoms with Crippen molar-refractivity contribution in [2.75, 3.05) is 25.7 Å². The number of hydrogen-bond donors (Lipinski definition) is 3. The number of halogens is 1. The molecule has 9 heteroatoms. The molecule has 0 atom stereocenters. The van der Waals surface area contributed by atoms with E-state index in [1.165, 1.54) is 7.11 Å². The third kappa shape index (κ3) is 3.23. The van der Waals surface area contributed by atoms with Gasteiger partial charge in [0.25, 0.3) is 5.56 Å². The molecule has 1 aliphatic heterocycles. The van der Waals surface area contributed by atoms with Gasteiger partial charge in [0.1, 0.15) is 28.9 Å². The largest absolute Gasteiger partial charge is 0.509 e. The average molecular weight is 457 g/mol. The molecule has 2 heterocycles. The molecule has 3 aromatic rings. The van der Waals surface area contributed by atoms with Crippen LogP contribution in [0, 0.1) is 5.41 Å². The highest BCUT2D eigenvalue weighted by molar-refractivity contribution is 9.10. The second-order valence-electron chi connectivity index (χ2n) is 6.37. The maximum atomic E-state index is 12.5. The molecule has 3 N–H and O–H groups in total. The van der Waals surface area contributed by atoms with Crippen LogP contribution in [0.3, 0.4) is 0 Å². The molecular weight excluding hydrogens is 440 g/mol. The lowest BCUT2D eigenvalue weighted by molar-refractivity contribution is 0.393. The van der Waals surface area contributed by atoms with Crippen LogP contribution in [-0.4, -0.2) is 41.7 Å². The number of H-pyrrole nitrogens is 1. The molecule has 2 aromatic carbocycles. The van der Waals surface area contributed by atoms with E-state index < -0.39 is 0 Å². The lowest BCUT2D eigenvalue weighted by Crippen LogP contribution is -2.27. The van der Waals surface area contributed by atoms with Crippen molar-refractivity contribution in [3.63, 3.8) is 0 Å². The van der Waals surface area contributed by atoms with Crippen molar-refractivity contribution in [3.05, 3.63) is 62.8 Å². The summed E-state index contributed by atoms with van der Waals surface area (Å²) in [4.78, 5) is 21.2. The van der Waals surface area contributed by atoms with Crippen LogP contribution in [-0.2, 0) is 0 Å². The first-order valence-electron chi connectivity index (χ1n) is 8.63. The van der Waals surface area contributed by atoms with Crippen molar-refractivity contribution in [1.29, 1.82) is 5.41 Å². The number of amidine groups is 1. The molecule has 4 rings (SSSR count). The predicted octanol–water partition coefficient (Wildman–Crippen LogP) is 3.47. The van der Waals surface area contributed by atoms with Crippen LogP contribution in [0.15, 0.2) is 51.4 Å². The predicted molar refractivity (Wildman–Crippen MR) is 114 cm³/mol. The second-order valence-corrected chi connectivity index (χ2v) is 7.29. The quantitative estimate of drug-likeness (QED) is 0.554. The van der Waals surface area contributed by atoms with Gasteiger partial charge in [-0.15, -0.1) is 0 Å². The van der Waals surface area contributed by atoms with Gasteiger partial charge in [-0.25, -0.2) is 4.98 Å². The topological polar surface area (TPSA) is 112 Å². The number of methoxy groups -OCH3 is 2. The van der Waals surface area contributed by atoms with Crippen molar-refractivity contribution >= 4 is 43.9 Å². The van der Waals surface area contributed by atoms with Gasteiger partial charge in [0, 0.05) is 10.5 Å². The molecule has 0 spiro atoms. The number of aliphatic hydroxyl groups is 1. The molecule has 0 saturated carbocycles.